The lowest BCUT2D eigenvalue weighted by atomic mass is 10.1. The quantitative estimate of drug-likeness (QED) is 0.488. The molecule has 0 saturated heterocycles. The molecule has 0 unspecified atom stereocenters. The predicted molar refractivity (Wildman–Crippen MR) is 109 cm³/mol. The van der Waals surface area contributed by atoms with Crippen LogP contribution in [0.2, 0.25) is 0 Å². The van der Waals surface area contributed by atoms with Crippen LogP contribution in [0, 0.1) is 6.92 Å². The Morgan fingerprint density at radius 2 is 1.66 bits per heavy atom. The number of nitrogens with one attached hydrogen (secondary N) is 1. The summed E-state index contributed by atoms with van der Waals surface area (Å²) in [5.74, 6) is 0.792. The molecule has 146 valence electrons. The van der Waals surface area contributed by atoms with Crippen molar-refractivity contribution in [1.82, 2.24) is 25.1 Å². The van der Waals surface area contributed by atoms with Crippen molar-refractivity contribution in [2.75, 3.05) is 6.54 Å². The second-order valence-electron chi connectivity index (χ2n) is 6.77. The third kappa shape index (κ3) is 4.57. The minimum Gasteiger partial charge on any atom is -0.416 e. The van der Waals surface area contributed by atoms with Gasteiger partial charge in [-0.05, 0) is 49.7 Å². The van der Waals surface area contributed by atoms with E-state index in [4.69, 9.17) is 4.42 Å². The molecule has 0 atom stereocenters. The van der Waals surface area contributed by atoms with Gasteiger partial charge < -0.3 is 14.3 Å². The molecule has 0 bridgehead atoms. The molecule has 0 aliphatic carbocycles. The van der Waals surface area contributed by atoms with Crippen molar-refractivity contribution < 1.29 is 9.21 Å². The number of rotatable bonds is 7. The summed E-state index contributed by atoms with van der Waals surface area (Å²) in [6, 6.07) is 15.1. The molecule has 1 N–H and O–H groups in total. The molecule has 2 aromatic heterocycles. The van der Waals surface area contributed by atoms with Gasteiger partial charge in [0.25, 0.3) is 5.91 Å². The standard InChI is InChI=1S/C22H21N5O2/c1-16-3-5-18(6-4-16)21-25-26-22(29-21)19-9-7-17(8-10-19)20(28)24-11-2-13-27-14-12-23-15-27/h3-10,12,14-15H,2,11,13H2,1H3,(H,24,28). The van der Waals surface area contributed by atoms with Crippen LogP contribution in [0.3, 0.4) is 0 Å². The van der Waals surface area contributed by atoms with Gasteiger partial charge in [-0.2, -0.15) is 0 Å². The van der Waals surface area contributed by atoms with Crippen molar-refractivity contribution in [2.24, 2.45) is 0 Å². The third-order valence-corrected chi connectivity index (χ3v) is 4.56. The Balaban J connectivity index is 1.35. The number of aryl methyl sites for hydroxylation is 2. The summed E-state index contributed by atoms with van der Waals surface area (Å²) in [6.45, 7) is 3.45. The van der Waals surface area contributed by atoms with Crippen LogP contribution in [-0.4, -0.2) is 32.2 Å². The fraction of sp³-hybridized carbons (Fsp3) is 0.182. The lowest BCUT2D eigenvalue weighted by Gasteiger charge is -2.06. The first kappa shape index (κ1) is 18.6. The van der Waals surface area contributed by atoms with Crippen molar-refractivity contribution in [3.05, 3.63) is 78.4 Å². The number of carbonyl (C=O) groups is 1. The monoisotopic (exact) mass is 387 g/mol. The number of carbonyl (C=O) groups excluding carboxylic acids is 1. The zero-order valence-corrected chi connectivity index (χ0v) is 16.1. The average Bonchev–Trinajstić information content (AvgIpc) is 3.44. The zero-order valence-electron chi connectivity index (χ0n) is 16.1. The minimum absolute atomic E-state index is 0.104. The molecule has 7 heteroatoms. The zero-order chi connectivity index (χ0) is 20.1. The number of nitrogens with zero attached hydrogens (tertiary/aromatic N) is 4. The van der Waals surface area contributed by atoms with Gasteiger partial charge in [-0.1, -0.05) is 17.7 Å². The van der Waals surface area contributed by atoms with Gasteiger partial charge in [-0.3, -0.25) is 4.79 Å². The molecule has 0 radical (unpaired) electrons. The van der Waals surface area contributed by atoms with Gasteiger partial charge in [0.1, 0.15) is 0 Å². The highest BCUT2D eigenvalue weighted by molar-refractivity contribution is 5.94. The molecule has 0 aliphatic heterocycles. The van der Waals surface area contributed by atoms with Crippen LogP contribution in [-0.2, 0) is 6.54 Å². The van der Waals surface area contributed by atoms with Gasteiger partial charge in [0.15, 0.2) is 0 Å². The van der Waals surface area contributed by atoms with Crippen molar-refractivity contribution in [3.8, 4) is 22.9 Å². The van der Waals surface area contributed by atoms with E-state index in [-0.39, 0.29) is 5.91 Å². The lowest BCUT2D eigenvalue weighted by molar-refractivity contribution is 0.0952. The fourth-order valence-corrected chi connectivity index (χ4v) is 2.90. The first-order valence-corrected chi connectivity index (χ1v) is 9.44. The number of benzene rings is 2. The van der Waals surface area contributed by atoms with E-state index in [0.717, 1.165) is 24.1 Å². The van der Waals surface area contributed by atoms with Gasteiger partial charge in [0, 0.05) is 42.2 Å². The van der Waals surface area contributed by atoms with Gasteiger partial charge in [0.2, 0.25) is 11.8 Å². The Hall–Kier alpha value is -3.74. The number of imidazole rings is 1. The van der Waals surface area contributed by atoms with E-state index in [1.165, 1.54) is 5.56 Å². The highest BCUT2D eigenvalue weighted by Crippen LogP contribution is 2.24. The second kappa shape index (κ2) is 8.52. The van der Waals surface area contributed by atoms with Crippen molar-refractivity contribution >= 4 is 5.91 Å². The SMILES string of the molecule is Cc1ccc(-c2nnc(-c3ccc(C(=O)NCCCn4ccnc4)cc3)o2)cc1. The van der Waals surface area contributed by atoms with Crippen LogP contribution < -0.4 is 5.32 Å². The summed E-state index contributed by atoms with van der Waals surface area (Å²) < 4.78 is 7.76. The first-order valence-electron chi connectivity index (χ1n) is 9.44. The van der Waals surface area contributed by atoms with Gasteiger partial charge in [0.05, 0.1) is 6.33 Å². The summed E-state index contributed by atoms with van der Waals surface area (Å²) >= 11 is 0. The highest BCUT2D eigenvalue weighted by Gasteiger charge is 2.11. The normalized spacial score (nSPS) is 10.8. The molecular formula is C22H21N5O2. The Bertz CT molecular complexity index is 1070. The summed E-state index contributed by atoms with van der Waals surface area (Å²) in [4.78, 5) is 16.3. The van der Waals surface area contributed by atoms with E-state index < -0.39 is 0 Å². The maximum Gasteiger partial charge on any atom is 0.251 e. The summed E-state index contributed by atoms with van der Waals surface area (Å²) in [7, 11) is 0. The Kier molecular flexibility index (Phi) is 5.47. The first-order chi connectivity index (χ1) is 14.2. The molecule has 4 aromatic rings. The fourth-order valence-electron chi connectivity index (χ4n) is 2.90. The average molecular weight is 387 g/mol. The highest BCUT2D eigenvalue weighted by atomic mass is 16.4. The molecular weight excluding hydrogens is 366 g/mol. The van der Waals surface area contributed by atoms with Crippen LogP contribution >= 0.6 is 0 Å². The summed E-state index contributed by atoms with van der Waals surface area (Å²) in [5.41, 5.74) is 3.41. The maximum atomic E-state index is 12.3. The number of hydrogen-bond acceptors (Lipinski definition) is 5. The summed E-state index contributed by atoms with van der Waals surface area (Å²) in [6.07, 6.45) is 6.25. The number of aromatic nitrogens is 4. The topological polar surface area (TPSA) is 85.8 Å². The van der Waals surface area contributed by atoms with E-state index in [1.54, 1.807) is 24.7 Å². The van der Waals surface area contributed by atoms with Gasteiger partial charge in [-0.15, -0.1) is 10.2 Å². The predicted octanol–water partition coefficient (Wildman–Crippen LogP) is 3.73. The van der Waals surface area contributed by atoms with E-state index in [9.17, 15) is 4.79 Å². The smallest absolute Gasteiger partial charge is 0.251 e. The second-order valence-corrected chi connectivity index (χ2v) is 6.77. The van der Waals surface area contributed by atoms with E-state index >= 15 is 0 Å². The molecule has 7 nitrogen and oxygen atoms in total. The van der Waals surface area contributed by atoms with Crippen LogP contribution in [0.15, 0.2) is 71.7 Å². The summed E-state index contributed by atoms with van der Waals surface area (Å²) in [5, 5.41) is 11.2. The van der Waals surface area contributed by atoms with E-state index in [1.807, 2.05) is 54.1 Å². The molecule has 2 aromatic carbocycles. The van der Waals surface area contributed by atoms with Crippen LogP contribution in [0.25, 0.3) is 22.9 Å². The minimum atomic E-state index is -0.104. The van der Waals surface area contributed by atoms with Crippen molar-refractivity contribution in [1.29, 1.82) is 0 Å². The van der Waals surface area contributed by atoms with Crippen LogP contribution in [0.4, 0.5) is 0 Å². The third-order valence-electron chi connectivity index (χ3n) is 4.56. The number of hydrogen-bond donors (Lipinski definition) is 1. The largest absolute Gasteiger partial charge is 0.416 e. The van der Waals surface area contributed by atoms with E-state index in [2.05, 4.69) is 20.5 Å². The Morgan fingerprint density at radius 3 is 2.28 bits per heavy atom. The van der Waals surface area contributed by atoms with Gasteiger partial charge >= 0.3 is 0 Å². The Morgan fingerprint density at radius 1 is 1.00 bits per heavy atom. The lowest BCUT2D eigenvalue weighted by Crippen LogP contribution is -2.25. The van der Waals surface area contributed by atoms with Crippen molar-refractivity contribution in [2.45, 2.75) is 19.9 Å². The molecule has 0 saturated carbocycles. The van der Waals surface area contributed by atoms with Crippen LogP contribution in [0.5, 0.6) is 0 Å². The maximum absolute atomic E-state index is 12.3. The molecule has 0 fully saturated rings. The van der Waals surface area contributed by atoms with Crippen molar-refractivity contribution in [3.63, 3.8) is 0 Å². The number of amides is 1. The van der Waals surface area contributed by atoms with Gasteiger partial charge in [-0.25, -0.2) is 4.98 Å². The molecule has 0 spiro atoms. The van der Waals surface area contributed by atoms with Crippen LogP contribution in [0.1, 0.15) is 22.3 Å². The molecule has 2 heterocycles. The Labute approximate surface area is 168 Å². The molecule has 1 amide bonds. The molecule has 0 aliphatic rings. The molecule has 29 heavy (non-hydrogen) atoms. The molecule has 4 rings (SSSR count). The van der Waals surface area contributed by atoms with E-state index in [0.29, 0.717) is 23.9 Å².